The van der Waals surface area contributed by atoms with Crippen LogP contribution in [0.4, 0.5) is 34.9 Å². The van der Waals surface area contributed by atoms with E-state index >= 15 is 0 Å². The van der Waals surface area contributed by atoms with Gasteiger partial charge in [-0.3, -0.25) is 14.5 Å². The monoisotopic (exact) mass is 577 g/mol. The van der Waals surface area contributed by atoms with E-state index in [0.29, 0.717) is 12.1 Å². The number of alkyl halides is 3. The number of halogens is 4. The third-order valence-corrected chi connectivity index (χ3v) is 6.32. The van der Waals surface area contributed by atoms with Gasteiger partial charge in [0.1, 0.15) is 47.1 Å². The van der Waals surface area contributed by atoms with E-state index in [0.717, 1.165) is 12.1 Å². The van der Waals surface area contributed by atoms with Gasteiger partial charge in [0.15, 0.2) is 0 Å². The van der Waals surface area contributed by atoms with Gasteiger partial charge in [-0.2, -0.15) is 18.4 Å². The van der Waals surface area contributed by atoms with Crippen molar-refractivity contribution in [3.63, 3.8) is 0 Å². The summed E-state index contributed by atoms with van der Waals surface area (Å²) in [6, 6.07) is 7.98. The molecule has 0 aliphatic carbocycles. The standard InChI is InChI=1S/C29H23F4N7O2/c1-3-26(41)38-25-15-20(35-17-36-25)6-4-12-39(21-10-8-19(30)9-11-21)28(42)24-7-5-13-40(24)27-22(16-34)23(29(31,32)33)14-18(2)37-27/h3,8-11,14-15,17,24H,1,5,7,12-13H2,2H3,(H,35,36,38,41)/t24-/m0/s1. The van der Waals surface area contributed by atoms with E-state index in [1.807, 2.05) is 0 Å². The van der Waals surface area contributed by atoms with Gasteiger partial charge in [-0.1, -0.05) is 12.5 Å². The van der Waals surface area contributed by atoms with Gasteiger partial charge in [-0.05, 0) is 62.1 Å². The lowest BCUT2D eigenvalue weighted by Crippen LogP contribution is -2.47. The van der Waals surface area contributed by atoms with Gasteiger partial charge in [-0.25, -0.2) is 19.3 Å². The maximum atomic E-state index is 13.9. The van der Waals surface area contributed by atoms with Crippen LogP contribution in [0.1, 0.15) is 35.4 Å². The lowest BCUT2D eigenvalue weighted by molar-refractivity contribution is -0.137. The summed E-state index contributed by atoms with van der Waals surface area (Å²) in [5.41, 5.74) is -1.20. The number of amides is 2. The van der Waals surface area contributed by atoms with Crippen molar-refractivity contribution in [2.24, 2.45) is 0 Å². The quantitative estimate of drug-likeness (QED) is 0.263. The van der Waals surface area contributed by atoms with E-state index < -0.39 is 41.0 Å². The second kappa shape index (κ2) is 12.5. The molecule has 13 heteroatoms. The highest BCUT2D eigenvalue weighted by atomic mass is 19.4. The molecule has 3 aromatic rings. The molecule has 1 aromatic carbocycles. The Hall–Kier alpha value is -5.30. The fourth-order valence-corrected chi connectivity index (χ4v) is 4.45. The second-order valence-electron chi connectivity index (χ2n) is 9.16. The van der Waals surface area contributed by atoms with Crippen LogP contribution in [0.3, 0.4) is 0 Å². The van der Waals surface area contributed by atoms with Crippen LogP contribution in [-0.4, -0.2) is 45.9 Å². The van der Waals surface area contributed by atoms with Crippen LogP contribution in [0.5, 0.6) is 0 Å². The highest BCUT2D eigenvalue weighted by molar-refractivity contribution is 6.00. The zero-order valence-corrected chi connectivity index (χ0v) is 22.2. The number of nitriles is 1. The zero-order valence-electron chi connectivity index (χ0n) is 22.2. The van der Waals surface area contributed by atoms with Gasteiger partial charge >= 0.3 is 6.18 Å². The molecule has 0 radical (unpaired) electrons. The molecular weight excluding hydrogens is 554 g/mol. The van der Waals surface area contributed by atoms with E-state index in [2.05, 4.69) is 38.7 Å². The van der Waals surface area contributed by atoms with Gasteiger partial charge in [0, 0.05) is 24.0 Å². The van der Waals surface area contributed by atoms with Crippen molar-refractivity contribution in [1.29, 1.82) is 5.26 Å². The first-order valence-corrected chi connectivity index (χ1v) is 12.6. The number of nitrogens with one attached hydrogen (secondary N) is 1. The molecule has 1 aliphatic heterocycles. The summed E-state index contributed by atoms with van der Waals surface area (Å²) in [4.78, 5) is 40.4. The smallest absolute Gasteiger partial charge is 0.343 e. The third-order valence-electron chi connectivity index (χ3n) is 6.32. The van der Waals surface area contributed by atoms with Crippen LogP contribution in [0.15, 0.2) is 55.4 Å². The number of carbonyl (C=O) groups is 2. The van der Waals surface area contributed by atoms with Crippen LogP contribution in [-0.2, 0) is 15.8 Å². The molecule has 1 N–H and O–H groups in total. The van der Waals surface area contributed by atoms with E-state index in [9.17, 15) is 32.4 Å². The minimum Gasteiger partial charge on any atom is -0.343 e. The Morgan fingerprint density at radius 1 is 1.24 bits per heavy atom. The number of hydrogen-bond acceptors (Lipinski definition) is 7. The molecule has 42 heavy (non-hydrogen) atoms. The molecule has 1 atom stereocenters. The number of benzene rings is 1. The molecule has 1 aliphatic rings. The number of carbonyl (C=O) groups excluding carboxylic acids is 2. The summed E-state index contributed by atoms with van der Waals surface area (Å²) in [6.45, 7) is 4.76. The van der Waals surface area contributed by atoms with Crippen molar-refractivity contribution in [2.75, 3.05) is 28.2 Å². The van der Waals surface area contributed by atoms with Gasteiger partial charge in [0.05, 0.1) is 12.1 Å². The van der Waals surface area contributed by atoms with Gasteiger partial charge in [-0.15, -0.1) is 0 Å². The molecular formula is C29H23F4N7O2. The minimum absolute atomic E-state index is 0.0455. The van der Waals surface area contributed by atoms with Crippen molar-refractivity contribution in [3.05, 3.63) is 83.7 Å². The van der Waals surface area contributed by atoms with E-state index in [1.165, 1.54) is 53.4 Å². The number of rotatable bonds is 6. The Morgan fingerprint density at radius 2 is 1.98 bits per heavy atom. The highest BCUT2D eigenvalue weighted by Crippen LogP contribution is 2.38. The molecule has 0 unspecified atom stereocenters. The van der Waals surface area contributed by atoms with E-state index in [1.54, 1.807) is 6.07 Å². The van der Waals surface area contributed by atoms with Crippen molar-refractivity contribution >= 4 is 29.1 Å². The zero-order chi connectivity index (χ0) is 30.4. The molecule has 0 bridgehead atoms. The average molecular weight is 578 g/mol. The van der Waals surface area contributed by atoms with Crippen molar-refractivity contribution in [2.45, 2.75) is 32.0 Å². The summed E-state index contributed by atoms with van der Waals surface area (Å²) in [6.07, 6.45) is -1.79. The SMILES string of the molecule is C=CC(=O)Nc1cc(C#CCN(C(=O)[C@@H]2CCCN2c2nc(C)cc(C(F)(F)F)c2C#N)c2ccc(F)cc2)ncn1. The number of pyridine rings is 1. The van der Waals surface area contributed by atoms with Crippen molar-refractivity contribution in [1.82, 2.24) is 15.0 Å². The van der Waals surface area contributed by atoms with E-state index in [4.69, 9.17) is 0 Å². The number of anilines is 3. The summed E-state index contributed by atoms with van der Waals surface area (Å²) < 4.78 is 55.0. The summed E-state index contributed by atoms with van der Waals surface area (Å²) in [5.74, 6) is 4.05. The van der Waals surface area contributed by atoms with E-state index in [-0.39, 0.29) is 42.5 Å². The maximum absolute atomic E-state index is 13.9. The van der Waals surface area contributed by atoms with Crippen LogP contribution in [0.25, 0.3) is 0 Å². The lowest BCUT2D eigenvalue weighted by atomic mass is 10.1. The molecule has 0 saturated carbocycles. The van der Waals surface area contributed by atoms with Gasteiger partial charge < -0.3 is 10.2 Å². The number of aromatic nitrogens is 3. The molecule has 1 saturated heterocycles. The normalized spacial score (nSPS) is 14.4. The fraction of sp³-hybridized carbons (Fsp3) is 0.241. The summed E-state index contributed by atoms with van der Waals surface area (Å²) in [7, 11) is 0. The summed E-state index contributed by atoms with van der Waals surface area (Å²) in [5, 5.41) is 12.1. The minimum atomic E-state index is -4.79. The predicted octanol–water partition coefficient (Wildman–Crippen LogP) is 4.39. The van der Waals surface area contributed by atoms with Crippen LogP contribution < -0.4 is 15.1 Å². The first-order chi connectivity index (χ1) is 20.0. The van der Waals surface area contributed by atoms with Gasteiger partial charge in [0.2, 0.25) is 5.91 Å². The lowest BCUT2D eigenvalue weighted by Gasteiger charge is -2.31. The Morgan fingerprint density at radius 3 is 2.64 bits per heavy atom. The fourth-order valence-electron chi connectivity index (χ4n) is 4.45. The Kier molecular flexibility index (Phi) is 8.82. The number of hydrogen-bond donors (Lipinski definition) is 1. The highest BCUT2D eigenvalue weighted by Gasteiger charge is 2.40. The Balaban J connectivity index is 1.68. The third kappa shape index (κ3) is 6.70. The van der Waals surface area contributed by atoms with Crippen molar-refractivity contribution < 1.29 is 27.2 Å². The Labute approximate surface area is 238 Å². The molecule has 4 rings (SSSR count). The topological polar surface area (TPSA) is 115 Å². The van der Waals surface area contributed by atoms with Crippen LogP contribution >= 0.6 is 0 Å². The molecule has 3 heterocycles. The first-order valence-electron chi connectivity index (χ1n) is 12.6. The molecule has 0 spiro atoms. The summed E-state index contributed by atoms with van der Waals surface area (Å²) >= 11 is 0. The molecule has 1 fully saturated rings. The van der Waals surface area contributed by atoms with Crippen LogP contribution in [0.2, 0.25) is 0 Å². The number of aryl methyl sites for hydroxylation is 1. The second-order valence-corrected chi connectivity index (χ2v) is 9.16. The predicted molar refractivity (Wildman–Crippen MR) is 146 cm³/mol. The number of nitrogens with zero attached hydrogens (tertiary/aromatic N) is 6. The molecule has 9 nitrogen and oxygen atoms in total. The maximum Gasteiger partial charge on any atom is 0.417 e. The largest absolute Gasteiger partial charge is 0.417 e. The molecule has 214 valence electrons. The van der Waals surface area contributed by atoms with Gasteiger partial charge in [0.25, 0.3) is 5.91 Å². The molecule has 2 amide bonds. The molecule has 2 aromatic heterocycles. The van der Waals surface area contributed by atoms with Crippen molar-refractivity contribution in [3.8, 4) is 17.9 Å². The first kappa shape index (κ1) is 29.7. The van der Waals surface area contributed by atoms with Crippen LogP contribution in [0, 0.1) is 35.9 Å². The average Bonchev–Trinajstić information content (AvgIpc) is 3.45. The Bertz CT molecular complexity index is 1620.